The highest BCUT2D eigenvalue weighted by Gasteiger charge is 2.36. The quantitative estimate of drug-likeness (QED) is 0.818. The highest BCUT2D eigenvalue weighted by atomic mass is 32.2. The van der Waals surface area contributed by atoms with Crippen LogP contribution < -0.4 is 9.03 Å². The van der Waals surface area contributed by atoms with E-state index in [9.17, 15) is 22.7 Å². The van der Waals surface area contributed by atoms with Crippen LogP contribution in [0.1, 0.15) is 20.3 Å². The first kappa shape index (κ1) is 18.2. The Morgan fingerprint density at radius 1 is 1.35 bits per heavy atom. The van der Waals surface area contributed by atoms with Gasteiger partial charge < -0.3 is 5.11 Å². The maximum Gasteiger partial charge on any atom is 0.326 e. The number of phenols is 1. The summed E-state index contributed by atoms with van der Waals surface area (Å²) in [6, 6.07) is 2.42. The lowest BCUT2D eigenvalue weighted by atomic mass is 10.1. The zero-order chi connectivity index (χ0) is 19.1. The summed E-state index contributed by atoms with van der Waals surface area (Å²) in [6.45, 7) is 4.37. The lowest BCUT2D eigenvalue weighted by Gasteiger charge is -2.17. The molecule has 3 rings (SSSR count). The second-order valence-electron chi connectivity index (χ2n) is 6.54. The molecule has 1 aromatic heterocycles. The number of anilines is 1. The standard InChI is InChI=1S/C16H19FN4O4S/c1-10(2)3-4-20-8-12(7-18-20)11-5-13(17)16(23)14(6-11)21-9-15(22)19-26(21,24)25/h5-8,10,23H,3-4,9H2,1-2H3,(H,19,22). The molecular weight excluding hydrogens is 363 g/mol. The highest BCUT2D eigenvalue weighted by Crippen LogP contribution is 2.37. The van der Waals surface area contributed by atoms with E-state index in [4.69, 9.17) is 0 Å². The normalized spacial score (nSPS) is 16.3. The summed E-state index contributed by atoms with van der Waals surface area (Å²) in [6.07, 6.45) is 4.19. The van der Waals surface area contributed by atoms with E-state index in [2.05, 4.69) is 18.9 Å². The molecular formula is C16H19FN4O4S. The number of benzene rings is 1. The molecule has 0 spiro atoms. The predicted molar refractivity (Wildman–Crippen MR) is 93.1 cm³/mol. The molecule has 2 N–H and O–H groups in total. The van der Waals surface area contributed by atoms with E-state index in [-0.39, 0.29) is 5.69 Å². The van der Waals surface area contributed by atoms with Crippen LogP contribution in [-0.4, -0.2) is 35.8 Å². The molecule has 0 aliphatic carbocycles. The van der Waals surface area contributed by atoms with Crippen LogP contribution >= 0.6 is 0 Å². The minimum absolute atomic E-state index is 0.298. The van der Waals surface area contributed by atoms with Gasteiger partial charge in [-0.25, -0.2) is 13.4 Å². The molecule has 2 heterocycles. The number of hydrogen-bond donors (Lipinski definition) is 2. The van der Waals surface area contributed by atoms with Gasteiger partial charge in [-0.05, 0) is 30.0 Å². The fraction of sp³-hybridized carbons (Fsp3) is 0.375. The molecule has 1 aliphatic heterocycles. The average molecular weight is 382 g/mol. The van der Waals surface area contributed by atoms with Crippen LogP contribution in [0.15, 0.2) is 24.5 Å². The van der Waals surface area contributed by atoms with Gasteiger partial charge in [0.1, 0.15) is 6.54 Å². The van der Waals surface area contributed by atoms with E-state index in [0.717, 1.165) is 12.5 Å². The zero-order valence-electron chi connectivity index (χ0n) is 14.3. The highest BCUT2D eigenvalue weighted by molar-refractivity contribution is 7.92. The number of carbonyl (C=O) groups excluding carboxylic acids is 1. The van der Waals surface area contributed by atoms with Crippen molar-refractivity contribution < 1.29 is 22.7 Å². The summed E-state index contributed by atoms with van der Waals surface area (Å²) in [4.78, 5) is 11.4. The summed E-state index contributed by atoms with van der Waals surface area (Å²) in [5.74, 6) is -2.06. The molecule has 1 amide bonds. The third kappa shape index (κ3) is 3.50. The van der Waals surface area contributed by atoms with Crippen molar-refractivity contribution in [3.05, 3.63) is 30.3 Å². The Hall–Kier alpha value is -2.62. The summed E-state index contributed by atoms with van der Waals surface area (Å²) in [5, 5.41) is 14.2. The Bertz CT molecular complexity index is 955. The van der Waals surface area contributed by atoms with E-state index >= 15 is 0 Å². The number of amides is 1. The molecule has 8 nitrogen and oxygen atoms in total. The first-order valence-corrected chi connectivity index (χ1v) is 9.50. The van der Waals surface area contributed by atoms with Gasteiger partial charge in [-0.1, -0.05) is 13.8 Å². The van der Waals surface area contributed by atoms with Gasteiger partial charge in [0.25, 0.3) is 5.91 Å². The van der Waals surface area contributed by atoms with Crippen LogP contribution in [0.3, 0.4) is 0 Å². The third-order valence-corrected chi connectivity index (χ3v) is 5.43. The number of rotatable bonds is 5. The molecule has 2 aromatic rings. The third-order valence-electron chi connectivity index (χ3n) is 4.03. The molecule has 26 heavy (non-hydrogen) atoms. The van der Waals surface area contributed by atoms with E-state index in [1.807, 2.05) is 0 Å². The van der Waals surface area contributed by atoms with Crippen molar-refractivity contribution in [2.45, 2.75) is 26.8 Å². The molecule has 1 fully saturated rings. The topological polar surface area (TPSA) is 105 Å². The van der Waals surface area contributed by atoms with Gasteiger partial charge in [-0.3, -0.25) is 9.48 Å². The summed E-state index contributed by atoms with van der Waals surface area (Å²) in [5.41, 5.74) is 0.624. The Balaban J connectivity index is 1.98. The molecule has 1 saturated heterocycles. The van der Waals surface area contributed by atoms with Gasteiger partial charge in [0, 0.05) is 18.3 Å². The molecule has 1 aromatic carbocycles. The predicted octanol–water partition coefficient (Wildman–Crippen LogP) is 1.62. The number of phenolic OH excluding ortho intramolecular Hbond substituents is 1. The summed E-state index contributed by atoms with van der Waals surface area (Å²) >= 11 is 0. The molecule has 0 unspecified atom stereocenters. The monoisotopic (exact) mass is 382 g/mol. The molecule has 10 heteroatoms. The van der Waals surface area contributed by atoms with Crippen molar-refractivity contribution in [1.82, 2.24) is 14.5 Å². The van der Waals surface area contributed by atoms with Crippen LogP contribution in [0.2, 0.25) is 0 Å². The minimum Gasteiger partial charge on any atom is -0.503 e. The Morgan fingerprint density at radius 3 is 2.69 bits per heavy atom. The van der Waals surface area contributed by atoms with Gasteiger partial charge in [-0.2, -0.15) is 13.5 Å². The van der Waals surface area contributed by atoms with Crippen LogP contribution in [0.25, 0.3) is 11.1 Å². The SMILES string of the molecule is CC(C)CCn1cc(-c2cc(F)c(O)c(N3CC(=O)NS3(=O)=O)c2)cn1. The van der Waals surface area contributed by atoms with Crippen molar-refractivity contribution in [2.24, 2.45) is 5.92 Å². The van der Waals surface area contributed by atoms with Gasteiger partial charge in [0.2, 0.25) is 0 Å². The van der Waals surface area contributed by atoms with E-state index < -0.39 is 34.2 Å². The summed E-state index contributed by atoms with van der Waals surface area (Å²) < 4.78 is 42.3. The van der Waals surface area contributed by atoms with Gasteiger partial charge >= 0.3 is 10.2 Å². The van der Waals surface area contributed by atoms with Crippen molar-refractivity contribution in [3.8, 4) is 16.9 Å². The zero-order valence-corrected chi connectivity index (χ0v) is 15.1. The minimum atomic E-state index is -4.15. The van der Waals surface area contributed by atoms with Gasteiger partial charge in [0.05, 0.1) is 11.9 Å². The number of aromatic nitrogens is 2. The number of halogens is 1. The second kappa shape index (κ2) is 6.60. The summed E-state index contributed by atoms with van der Waals surface area (Å²) in [7, 11) is -4.15. The number of carbonyl (C=O) groups is 1. The molecule has 0 bridgehead atoms. The van der Waals surface area contributed by atoms with Crippen molar-refractivity contribution >= 4 is 21.8 Å². The molecule has 1 aliphatic rings. The van der Waals surface area contributed by atoms with Crippen LogP contribution in [-0.2, 0) is 21.5 Å². The number of nitrogens with zero attached hydrogens (tertiary/aromatic N) is 3. The van der Waals surface area contributed by atoms with Crippen LogP contribution in [0.4, 0.5) is 10.1 Å². The molecule has 140 valence electrons. The number of aryl methyl sites for hydroxylation is 1. The Kier molecular flexibility index (Phi) is 4.61. The smallest absolute Gasteiger partial charge is 0.326 e. The van der Waals surface area contributed by atoms with E-state index in [1.165, 1.54) is 12.3 Å². The second-order valence-corrected chi connectivity index (χ2v) is 8.13. The van der Waals surface area contributed by atoms with Crippen molar-refractivity contribution in [2.75, 3.05) is 10.8 Å². The number of hydrogen-bond acceptors (Lipinski definition) is 5. The lowest BCUT2D eigenvalue weighted by Crippen LogP contribution is -2.29. The average Bonchev–Trinajstić information content (AvgIpc) is 3.11. The molecule has 0 saturated carbocycles. The Labute approximate surface area is 150 Å². The van der Waals surface area contributed by atoms with Gasteiger partial charge in [0.15, 0.2) is 11.6 Å². The fourth-order valence-electron chi connectivity index (χ4n) is 2.63. The van der Waals surface area contributed by atoms with Crippen molar-refractivity contribution in [1.29, 1.82) is 0 Å². The number of aromatic hydroxyl groups is 1. The van der Waals surface area contributed by atoms with Crippen molar-refractivity contribution in [3.63, 3.8) is 0 Å². The van der Waals surface area contributed by atoms with E-state index in [0.29, 0.717) is 27.9 Å². The Morgan fingerprint density at radius 2 is 2.08 bits per heavy atom. The first-order valence-electron chi connectivity index (χ1n) is 8.06. The fourth-order valence-corrected chi connectivity index (χ4v) is 3.78. The van der Waals surface area contributed by atoms with Crippen LogP contribution in [0.5, 0.6) is 5.75 Å². The lowest BCUT2D eigenvalue weighted by molar-refractivity contribution is -0.117. The maximum absolute atomic E-state index is 14.2. The maximum atomic E-state index is 14.2. The molecule has 0 radical (unpaired) electrons. The molecule has 0 atom stereocenters. The number of nitrogens with one attached hydrogen (secondary N) is 1. The largest absolute Gasteiger partial charge is 0.503 e. The van der Waals surface area contributed by atoms with E-state index in [1.54, 1.807) is 15.6 Å². The first-order chi connectivity index (χ1) is 12.2. The van der Waals surface area contributed by atoms with Gasteiger partial charge in [-0.15, -0.1) is 0 Å². The van der Waals surface area contributed by atoms with Crippen LogP contribution in [0, 0.1) is 11.7 Å².